The summed E-state index contributed by atoms with van der Waals surface area (Å²) in [4.78, 5) is 35.8. The van der Waals surface area contributed by atoms with E-state index in [0.717, 1.165) is 0 Å². The lowest BCUT2D eigenvalue weighted by Crippen LogP contribution is -2.42. The van der Waals surface area contributed by atoms with Crippen molar-refractivity contribution in [3.63, 3.8) is 0 Å². The van der Waals surface area contributed by atoms with Gasteiger partial charge in [0, 0.05) is 32.6 Å². The van der Waals surface area contributed by atoms with E-state index >= 15 is 0 Å². The molecule has 1 rings (SSSR count). The molecule has 3 amide bonds. The van der Waals surface area contributed by atoms with Crippen LogP contribution >= 0.6 is 0 Å². The van der Waals surface area contributed by atoms with E-state index in [1.165, 1.54) is 0 Å². The lowest BCUT2D eigenvalue weighted by molar-refractivity contribution is -0.143. The van der Waals surface area contributed by atoms with Crippen LogP contribution < -0.4 is 10.6 Å². The smallest absolute Gasteiger partial charge is 0.314 e. The molecule has 1 aliphatic rings. The number of carbonyl (C=O) groups excluding carboxylic acids is 2. The minimum absolute atomic E-state index is 0.000464. The Morgan fingerprint density at radius 3 is 2.20 bits per heavy atom. The minimum Gasteiger partial charge on any atom is -0.481 e. The van der Waals surface area contributed by atoms with Crippen molar-refractivity contribution < 1.29 is 19.5 Å². The Balaban J connectivity index is 2.18. The largest absolute Gasteiger partial charge is 0.481 e. The number of nitrogens with one attached hydrogen (secondary N) is 2. The van der Waals surface area contributed by atoms with Crippen LogP contribution in [0.25, 0.3) is 0 Å². The van der Waals surface area contributed by atoms with Crippen molar-refractivity contribution in [2.24, 2.45) is 5.41 Å². The van der Waals surface area contributed by atoms with Crippen LogP contribution in [-0.2, 0) is 9.59 Å². The molecule has 0 spiro atoms. The second-order valence-electron chi connectivity index (χ2n) is 5.01. The number of rotatable bonds is 8. The monoisotopic (exact) mass is 285 g/mol. The number of carbonyl (C=O) groups is 3. The summed E-state index contributed by atoms with van der Waals surface area (Å²) >= 11 is 0. The third-order valence-electron chi connectivity index (χ3n) is 3.64. The van der Waals surface area contributed by atoms with Crippen molar-refractivity contribution in [3.8, 4) is 0 Å². The predicted octanol–water partition coefficient (Wildman–Crippen LogP) is 0.409. The molecule has 0 radical (unpaired) electrons. The number of carboxylic acid groups (broad SMARTS) is 1. The van der Waals surface area contributed by atoms with Crippen LogP contribution in [0.4, 0.5) is 4.79 Å². The van der Waals surface area contributed by atoms with Crippen molar-refractivity contribution in [3.05, 3.63) is 0 Å². The Hall–Kier alpha value is -1.79. The second-order valence-corrected chi connectivity index (χ2v) is 5.01. The van der Waals surface area contributed by atoms with Crippen molar-refractivity contribution >= 4 is 17.9 Å². The third kappa shape index (κ3) is 4.40. The van der Waals surface area contributed by atoms with E-state index in [0.29, 0.717) is 25.9 Å². The van der Waals surface area contributed by atoms with E-state index < -0.39 is 17.4 Å². The van der Waals surface area contributed by atoms with Crippen molar-refractivity contribution in [2.75, 3.05) is 26.2 Å². The molecule has 1 fully saturated rings. The molecule has 0 aliphatic heterocycles. The second kappa shape index (κ2) is 7.12. The summed E-state index contributed by atoms with van der Waals surface area (Å²) in [6.07, 6.45) is 1.45. The fraction of sp³-hybridized carbons (Fsp3) is 0.769. The fourth-order valence-corrected chi connectivity index (χ4v) is 1.95. The van der Waals surface area contributed by atoms with Gasteiger partial charge in [-0.1, -0.05) is 0 Å². The molecule has 0 saturated heterocycles. The molecule has 7 heteroatoms. The first kappa shape index (κ1) is 16.3. The zero-order valence-corrected chi connectivity index (χ0v) is 12.1. The van der Waals surface area contributed by atoms with Gasteiger partial charge in [0.25, 0.3) is 0 Å². The topological polar surface area (TPSA) is 98.7 Å². The maximum atomic E-state index is 11.7. The number of carboxylic acids is 1. The van der Waals surface area contributed by atoms with Gasteiger partial charge >= 0.3 is 12.0 Å². The molecule has 0 atom stereocenters. The Kier molecular flexibility index (Phi) is 5.79. The maximum Gasteiger partial charge on any atom is 0.314 e. The summed E-state index contributed by atoms with van der Waals surface area (Å²) in [5.74, 6) is -0.867. The van der Waals surface area contributed by atoms with Crippen LogP contribution in [0.1, 0.15) is 33.1 Å². The summed E-state index contributed by atoms with van der Waals surface area (Å²) in [6, 6.07) is -0.426. The van der Waals surface area contributed by atoms with Crippen LogP contribution in [0, 0.1) is 5.41 Å². The van der Waals surface area contributed by atoms with Gasteiger partial charge in [0.2, 0.25) is 5.91 Å². The maximum absolute atomic E-state index is 11.7. The molecule has 0 aromatic carbocycles. The minimum atomic E-state index is -0.866. The average Bonchev–Trinajstić information content (AvgIpc) is 3.19. The van der Waals surface area contributed by atoms with Gasteiger partial charge in [0.05, 0.1) is 5.41 Å². The molecule has 0 unspecified atom stereocenters. The summed E-state index contributed by atoms with van der Waals surface area (Å²) in [5.41, 5.74) is -0.769. The fourth-order valence-electron chi connectivity index (χ4n) is 1.95. The molecule has 0 bridgehead atoms. The molecule has 0 heterocycles. The Bertz CT molecular complexity index is 376. The lowest BCUT2D eigenvalue weighted by Gasteiger charge is -2.18. The van der Waals surface area contributed by atoms with E-state index in [1.807, 2.05) is 13.8 Å². The lowest BCUT2D eigenvalue weighted by atomic mass is 10.1. The van der Waals surface area contributed by atoms with Gasteiger partial charge in [-0.05, 0) is 26.7 Å². The highest BCUT2D eigenvalue weighted by Gasteiger charge is 2.50. The van der Waals surface area contributed by atoms with Crippen LogP contribution in [0.5, 0.6) is 0 Å². The molecule has 7 nitrogen and oxygen atoms in total. The third-order valence-corrected chi connectivity index (χ3v) is 3.64. The molecule has 3 N–H and O–H groups in total. The SMILES string of the molecule is CCN(CC)C(=O)CCNC(=O)NCC1(C(=O)O)CC1. The molecule has 1 aliphatic carbocycles. The van der Waals surface area contributed by atoms with E-state index in [2.05, 4.69) is 10.6 Å². The van der Waals surface area contributed by atoms with Crippen molar-refractivity contribution in [1.29, 1.82) is 0 Å². The van der Waals surface area contributed by atoms with E-state index in [9.17, 15) is 14.4 Å². The van der Waals surface area contributed by atoms with Crippen LogP contribution in [0.15, 0.2) is 0 Å². The zero-order valence-electron chi connectivity index (χ0n) is 12.1. The number of amides is 3. The van der Waals surface area contributed by atoms with Crippen LogP contribution in [0.2, 0.25) is 0 Å². The highest BCUT2D eigenvalue weighted by atomic mass is 16.4. The summed E-state index contributed by atoms with van der Waals surface area (Å²) < 4.78 is 0. The summed E-state index contributed by atoms with van der Waals surface area (Å²) in [6.45, 7) is 5.51. The normalized spacial score (nSPS) is 15.3. The standard InChI is InChI=1S/C13H23N3O4/c1-3-16(4-2)10(17)5-8-14-12(20)15-9-13(6-7-13)11(18)19/h3-9H2,1-2H3,(H,18,19)(H2,14,15,20). The molecule has 0 aromatic heterocycles. The average molecular weight is 285 g/mol. The molecule has 1 saturated carbocycles. The summed E-state index contributed by atoms with van der Waals surface area (Å²) in [5, 5.41) is 14.1. The number of hydrogen-bond acceptors (Lipinski definition) is 3. The van der Waals surface area contributed by atoms with Crippen LogP contribution in [0.3, 0.4) is 0 Å². The van der Waals surface area contributed by atoms with Crippen LogP contribution in [-0.4, -0.2) is 54.1 Å². The zero-order chi connectivity index (χ0) is 15.2. The predicted molar refractivity (Wildman–Crippen MR) is 73.2 cm³/mol. The number of nitrogens with zero attached hydrogens (tertiary/aromatic N) is 1. The Morgan fingerprint density at radius 2 is 1.75 bits per heavy atom. The first-order valence-electron chi connectivity index (χ1n) is 6.98. The van der Waals surface area contributed by atoms with Gasteiger partial charge in [-0.15, -0.1) is 0 Å². The van der Waals surface area contributed by atoms with E-state index in [-0.39, 0.29) is 25.4 Å². The number of aliphatic carboxylic acids is 1. The van der Waals surface area contributed by atoms with Crippen molar-refractivity contribution in [1.82, 2.24) is 15.5 Å². The van der Waals surface area contributed by atoms with Gasteiger partial charge in [0.15, 0.2) is 0 Å². The molecular formula is C13H23N3O4. The van der Waals surface area contributed by atoms with Gasteiger partial charge in [-0.3, -0.25) is 9.59 Å². The van der Waals surface area contributed by atoms with Gasteiger partial charge in [-0.2, -0.15) is 0 Å². The molecule has 114 valence electrons. The van der Waals surface area contributed by atoms with Gasteiger partial charge in [-0.25, -0.2) is 4.79 Å². The first-order valence-corrected chi connectivity index (χ1v) is 6.98. The van der Waals surface area contributed by atoms with Crippen molar-refractivity contribution in [2.45, 2.75) is 33.1 Å². The first-order chi connectivity index (χ1) is 9.45. The number of hydrogen-bond donors (Lipinski definition) is 3. The van der Waals surface area contributed by atoms with Gasteiger partial charge in [0.1, 0.15) is 0 Å². The highest BCUT2D eigenvalue weighted by Crippen LogP contribution is 2.45. The molecule has 0 aromatic rings. The highest BCUT2D eigenvalue weighted by molar-refractivity contribution is 5.81. The number of urea groups is 1. The quantitative estimate of drug-likeness (QED) is 0.601. The molecular weight excluding hydrogens is 262 g/mol. The van der Waals surface area contributed by atoms with Gasteiger partial charge < -0.3 is 20.6 Å². The molecule has 20 heavy (non-hydrogen) atoms. The van der Waals surface area contributed by atoms with E-state index in [4.69, 9.17) is 5.11 Å². The summed E-state index contributed by atoms with van der Waals surface area (Å²) in [7, 11) is 0. The van der Waals surface area contributed by atoms with E-state index in [1.54, 1.807) is 4.90 Å². The Labute approximate surface area is 118 Å². The Morgan fingerprint density at radius 1 is 1.15 bits per heavy atom.